The molecule has 0 amide bonds. The summed E-state index contributed by atoms with van der Waals surface area (Å²) < 4.78 is 5.60. The summed E-state index contributed by atoms with van der Waals surface area (Å²) in [4.78, 5) is 2.52. The van der Waals surface area contributed by atoms with Crippen LogP contribution in [0, 0.1) is 0 Å². The van der Waals surface area contributed by atoms with Crippen molar-refractivity contribution in [3.05, 3.63) is 11.8 Å². The smallest absolute Gasteiger partial charge is 0.111 e. The third kappa shape index (κ3) is 2.25. The van der Waals surface area contributed by atoms with Gasteiger partial charge in [-0.2, -0.15) is 0 Å². The zero-order valence-corrected chi connectivity index (χ0v) is 10.5. The molecule has 92 valence electrons. The number of rotatable bonds is 3. The summed E-state index contributed by atoms with van der Waals surface area (Å²) in [5.74, 6) is 0.996. The normalized spacial score (nSPS) is 25.1. The molecule has 2 aliphatic rings. The van der Waals surface area contributed by atoms with Crippen molar-refractivity contribution in [2.24, 2.45) is 5.73 Å². The largest absolute Gasteiger partial charge is 0.496 e. The maximum Gasteiger partial charge on any atom is 0.111 e. The van der Waals surface area contributed by atoms with Crippen LogP contribution in [0.1, 0.15) is 39.5 Å². The van der Waals surface area contributed by atoms with Crippen molar-refractivity contribution in [3.63, 3.8) is 0 Å². The van der Waals surface area contributed by atoms with Crippen LogP contribution in [0.5, 0.6) is 0 Å². The summed E-state index contributed by atoms with van der Waals surface area (Å²) in [7, 11) is 0. The van der Waals surface area contributed by atoms with E-state index in [1.807, 2.05) is 0 Å². The monoisotopic (exact) mass is 224 g/mol. The van der Waals surface area contributed by atoms with E-state index in [9.17, 15) is 0 Å². The maximum absolute atomic E-state index is 6.35. The van der Waals surface area contributed by atoms with Gasteiger partial charge in [0.05, 0.1) is 12.6 Å². The number of hydrogen-bond acceptors (Lipinski definition) is 3. The van der Waals surface area contributed by atoms with Gasteiger partial charge in [-0.15, -0.1) is 0 Å². The Morgan fingerprint density at radius 2 is 2.00 bits per heavy atom. The Morgan fingerprint density at radius 1 is 1.31 bits per heavy atom. The summed E-state index contributed by atoms with van der Waals surface area (Å²) in [5, 5.41) is 0. The van der Waals surface area contributed by atoms with Crippen LogP contribution >= 0.6 is 0 Å². The highest BCUT2D eigenvalue weighted by Gasteiger charge is 2.37. The van der Waals surface area contributed by atoms with Gasteiger partial charge >= 0.3 is 0 Å². The Hall–Kier alpha value is -0.540. The molecule has 16 heavy (non-hydrogen) atoms. The van der Waals surface area contributed by atoms with Gasteiger partial charge in [0, 0.05) is 12.0 Å². The first-order chi connectivity index (χ1) is 7.62. The van der Waals surface area contributed by atoms with Crippen molar-refractivity contribution in [1.29, 1.82) is 0 Å². The minimum atomic E-state index is 0.00750. The van der Waals surface area contributed by atoms with Gasteiger partial charge in [0.1, 0.15) is 5.76 Å². The van der Waals surface area contributed by atoms with Gasteiger partial charge in [-0.05, 0) is 45.9 Å². The second-order valence-corrected chi connectivity index (χ2v) is 5.42. The first kappa shape index (κ1) is 11.9. The molecule has 0 bridgehead atoms. The Kier molecular flexibility index (Phi) is 3.55. The average Bonchev–Trinajstić information content (AvgIpc) is 2.82. The minimum absolute atomic E-state index is 0.00750. The Balaban J connectivity index is 2.04. The predicted octanol–water partition coefficient (Wildman–Crippen LogP) is 1.88. The highest BCUT2D eigenvalue weighted by molar-refractivity contribution is 5.14. The van der Waals surface area contributed by atoms with Crippen LogP contribution in [0.3, 0.4) is 0 Å². The molecule has 0 aromatic carbocycles. The van der Waals surface area contributed by atoms with E-state index >= 15 is 0 Å². The van der Waals surface area contributed by atoms with Crippen LogP contribution in [0.15, 0.2) is 11.8 Å². The molecule has 0 saturated carbocycles. The molecular formula is C13H24N2O. The standard InChI is InChI=1S/C13H24N2O/c1-13(2,15-8-4-3-5-9-15)12(14)11-7-6-10-16-11/h7,12H,3-6,8-10,14H2,1-2H3. The van der Waals surface area contributed by atoms with Gasteiger partial charge in [-0.1, -0.05) is 6.42 Å². The molecule has 1 fully saturated rings. The number of nitrogens with zero attached hydrogens (tertiary/aromatic N) is 1. The third-order valence-electron chi connectivity index (χ3n) is 3.97. The van der Waals surface area contributed by atoms with Crippen molar-refractivity contribution in [3.8, 4) is 0 Å². The van der Waals surface area contributed by atoms with Crippen molar-refractivity contribution in [2.75, 3.05) is 19.7 Å². The lowest BCUT2D eigenvalue weighted by atomic mass is 9.89. The fourth-order valence-electron chi connectivity index (χ4n) is 2.67. The zero-order valence-electron chi connectivity index (χ0n) is 10.5. The van der Waals surface area contributed by atoms with Crippen molar-refractivity contribution >= 4 is 0 Å². The average molecular weight is 224 g/mol. The highest BCUT2D eigenvalue weighted by atomic mass is 16.5. The molecule has 3 nitrogen and oxygen atoms in total. The molecule has 2 aliphatic heterocycles. The molecule has 0 aromatic heterocycles. The van der Waals surface area contributed by atoms with E-state index in [0.717, 1.165) is 18.8 Å². The van der Waals surface area contributed by atoms with E-state index in [1.165, 1.54) is 32.4 Å². The maximum atomic E-state index is 6.35. The second kappa shape index (κ2) is 4.76. The van der Waals surface area contributed by atoms with Gasteiger partial charge in [-0.25, -0.2) is 0 Å². The number of ether oxygens (including phenoxy) is 1. The summed E-state index contributed by atoms with van der Waals surface area (Å²) in [5.41, 5.74) is 6.36. The van der Waals surface area contributed by atoms with Crippen LogP contribution in [-0.2, 0) is 4.74 Å². The summed E-state index contributed by atoms with van der Waals surface area (Å²) in [6.07, 6.45) is 7.13. The van der Waals surface area contributed by atoms with Crippen LogP contribution in [0.4, 0.5) is 0 Å². The molecule has 0 radical (unpaired) electrons. The van der Waals surface area contributed by atoms with Gasteiger partial charge in [-0.3, -0.25) is 4.90 Å². The van der Waals surface area contributed by atoms with Crippen LogP contribution < -0.4 is 5.73 Å². The minimum Gasteiger partial charge on any atom is -0.496 e. The molecule has 2 heterocycles. The van der Waals surface area contributed by atoms with Gasteiger partial charge < -0.3 is 10.5 Å². The zero-order chi connectivity index (χ0) is 11.6. The van der Waals surface area contributed by atoms with Gasteiger partial charge in [0.2, 0.25) is 0 Å². The molecule has 0 spiro atoms. The van der Waals surface area contributed by atoms with Crippen LogP contribution in [-0.4, -0.2) is 36.2 Å². The summed E-state index contributed by atoms with van der Waals surface area (Å²) in [6, 6.07) is 0.00750. The summed E-state index contributed by atoms with van der Waals surface area (Å²) >= 11 is 0. The molecule has 2 N–H and O–H groups in total. The lowest BCUT2D eigenvalue weighted by molar-refractivity contribution is 0.0639. The lowest BCUT2D eigenvalue weighted by Crippen LogP contribution is -2.58. The van der Waals surface area contributed by atoms with Crippen LogP contribution in [0.25, 0.3) is 0 Å². The highest BCUT2D eigenvalue weighted by Crippen LogP contribution is 2.28. The van der Waals surface area contributed by atoms with Gasteiger partial charge in [0.25, 0.3) is 0 Å². The molecule has 1 atom stereocenters. The van der Waals surface area contributed by atoms with E-state index in [2.05, 4.69) is 24.8 Å². The molecule has 2 rings (SSSR count). The van der Waals surface area contributed by atoms with Crippen molar-refractivity contribution in [1.82, 2.24) is 4.90 Å². The van der Waals surface area contributed by atoms with E-state index in [4.69, 9.17) is 10.5 Å². The van der Waals surface area contributed by atoms with E-state index in [-0.39, 0.29) is 11.6 Å². The topological polar surface area (TPSA) is 38.5 Å². The number of likely N-dealkylation sites (tertiary alicyclic amines) is 1. The van der Waals surface area contributed by atoms with Crippen molar-refractivity contribution in [2.45, 2.75) is 51.1 Å². The van der Waals surface area contributed by atoms with E-state index < -0.39 is 0 Å². The Labute approximate surface area is 98.6 Å². The first-order valence-electron chi connectivity index (χ1n) is 6.46. The molecule has 1 saturated heterocycles. The fraction of sp³-hybridized carbons (Fsp3) is 0.846. The Bertz CT molecular complexity index is 267. The summed E-state index contributed by atoms with van der Waals surface area (Å²) in [6.45, 7) is 7.64. The van der Waals surface area contributed by atoms with Crippen molar-refractivity contribution < 1.29 is 4.74 Å². The first-order valence-corrected chi connectivity index (χ1v) is 6.46. The molecule has 0 aromatic rings. The predicted molar refractivity (Wildman–Crippen MR) is 66.1 cm³/mol. The molecular weight excluding hydrogens is 200 g/mol. The van der Waals surface area contributed by atoms with E-state index in [0.29, 0.717) is 0 Å². The number of nitrogens with two attached hydrogens (primary N) is 1. The molecule has 0 aliphatic carbocycles. The molecule has 3 heteroatoms. The number of hydrogen-bond donors (Lipinski definition) is 1. The third-order valence-corrected chi connectivity index (χ3v) is 3.97. The quantitative estimate of drug-likeness (QED) is 0.795. The molecule has 1 unspecified atom stereocenters. The SMILES string of the molecule is CC(C)(C(N)C1=CCCO1)N1CCCCC1. The van der Waals surface area contributed by atoms with Gasteiger partial charge in [0.15, 0.2) is 0 Å². The Morgan fingerprint density at radius 3 is 2.56 bits per heavy atom. The lowest BCUT2D eigenvalue weighted by Gasteiger charge is -2.44. The second-order valence-electron chi connectivity index (χ2n) is 5.42. The van der Waals surface area contributed by atoms with Crippen LogP contribution in [0.2, 0.25) is 0 Å². The fourth-order valence-corrected chi connectivity index (χ4v) is 2.67. The number of piperidine rings is 1. The van der Waals surface area contributed by atoms with E-state index in [1.54, 1.807) is 0 Å².